The molecule has 130 valence electrons. The molecule has 0 aliphatic rings. The van der Waals surface area contributed by atoms with Crippen molar-refractivity contribution < 1.29 is 18.0 Å². The third kappa shape index (κ3) is 5.24. The van der Waals surface area contributed by atoms with Crippen LogP contribution in [0.5, 0.6) is 0 Å². The van der Waals surface area contributed by atoms with E-state index < -0.39 is 17.9 Å². The van der Waals surface area contributed by atoms with E-state index >= 15 is 0 Å². The maximum atomic E-state index is 12.7. The first-order chi connectivity index (χ1) is 11.3. The number of rotatable bonds is 6. The van der Waals surface area contributed by atoms with Crippen LogP contribution in [0, 0.1) is 6.92 Å². The zero-order valence-electron chi connectivity index (χ0n) is 13.0. The fourth-order valence-electron chi connectivity index (χ4n) is 1.88. The minimum atomic E-state index is -4.50. The fourth-order valence-corrected chi connectivity index (χ4v) is 2.41. The number of halogens is 3. The van der Waals surface area contributed by atoms with Crippen LogP contribution in [0.1, 0.15) is 24.1 Å². The Bertz CT molecular complexity index is 690. The Balaban J connectivity index is 1.87. The van der Waals surface area contributed by atoms with Gasteiger partial charge in [0.2, 0.25) is 5.91 Å². The topological polar surface area (TPSA) is 79.8 Å². The lowest BCUT2D eigenvalue weighted by Crippen LogP contribution is -2.39. The SMILES string of the molecule is Cc1cc(C(F)(F)F)nc(CCNC(C)C(=O)Nc2nccs2)n1. The van der Waals surface area contributed by atoms with E-state index in [0.29, 0.717) is 5.13 Å². The summed E-state index contributed by atoms with van der Waals surface area (Å²) in [6.07, 6.45) is -2.75. The molecule has 0 aliphatic heterocycles. The van der Waals surface area contributed by atoms with Gasteiger partial charge in [0.1, 0.15) is 11.5 Å². The molecule has 1 unspecified atom stereocenters. The molecule has 0 saturated heterocycles. The van der Waals surface area contributed by atoms with Crippen molar-refractivity contribution in [3.63, 3.8) is 0 Å². The summed E-state index contributed by atoms with van der Waals surface area (Å²) in [6, 6.07) is 0.377. The molecule has 2 rings (SSSR count). The summed E-state index contributed by atoms with van der Waals surface area (Å²) in [5, 5.41) is 7.79. The third-order valence-corrected chi connectivity index (χ3v) is 3.73. The van der Waals surface area contributed by atoms with Gasteiger partial charge in [-0.15, -0.1) is 11.3 Å². The maximum Gasteiger partial charge on any atom is 0.433 e. The van der Waals surface area contributed by atoms with Gasteiger partial charge in [0, 0.05) is 30.2 Å². The van der Waals surface area contributed by atoms with Crippen LogP contribution >= 0.6 is 11.3 Å². The lowest BCUT2D eigenvalue weighted by molar-refractivity contribution is -0.141. The molecule has 10 heteroatoms. The molecular formula is C14H16F3N5OS. The number of nitrogens with one attached hydrogen (secondary N) is 2. The Labute approximate surface area is 140 Å². The second-order valence-corrected chi connectivity index (χ2v) is 5.96. The Morgan fingerprint density at radius 3 is 2.75 bits per heavy atom. The molecule has 0 bridgehead atoms. The number of nitrogens with zero attached hydrogens (tertiary/aromatic N) is 3. The first-order valence-electron chi connectivity index (χ1n) is 7.11. The van der Waals surface area contributed by atoms with E-state index in [2.05, 4.69) is 25.6 Å². The van der Waals surface area contributed by atoms with E-state index in [0.717, 1.165) is 6.07 Å². The van der Waals surface area contributed by atoms with Gasteiger partial charge in [-0.3, -0.25) is 4.79 Å². The van der Waals surface area contributed by atoms with Crippen LogP contribution < -0.4 is 10.6 Å². The van der Waals surface area contributed by atoms with Gasteiger partial charge in [-0.2, -0.15) is 13.2 Å². The number of carbonyl (C=O) groups is 1. The second kappa shape index (κ2) is 7.67. The molecule has 2 heterocycles. The summed E-state index contributed by atoms with van der Waals surface area (Å²) in [5.74, 6) is -0.187. The molecule has 0 saturated carbocycles. The lowest BCUT2D eigenvalue weighted by Gasteiger charge is -2.13. The number of carbonyl (C=O) groups excluding carboxylic acids is 1. The highest BCUT2D eigenvalue weighted by atomic mass is 32.1. The molecule has 1 amide bonds. The fraction of sp³-hybridized carbons (Fsp3) is 0.429. The van der Waals surface area contributed by atoms with Crippen molar-refractivity contribution >= 4 is 22.4 Å². The smallest absolute Gasteiger partial charge is 0.306 e. The minimum absolute atomic E-state index is 0.0855. The van der Waals surface area contributed by atoms with Crippen molar-refractivity contribution in [3.8, 4) is 0 Å². The second-order valence-electron chi connectivity index (χ2n) is 5.06. The van der Waals surface area contributed by atoms with E-state index in [4.69, 9.17) is 0 Å². The number of thiazole rings is 1. The average Bonchev–Trinajstić information content (AvgIpc) is 2.98. The van der Waals surface area contributed by atoms with Gasteiger partial charge in [-0.25, -0.2) is 15.0 Å². The van der Waals surface area contributed by atoms with Crippen LogP contribution in [0.15, 0.2) is 17.6 Å². The van der Waals surface area contributed by atoms with Crippen LogP contribution in [0.4, 0.5) is 18.3 Å². The van der Waals surface area contributed by atoms with E-state index in [-0.39, 0.29) is 30.4 Å². The molecule has 1 atom stereocenters. The van der Waals surface area contributed by atoms with E-state index in [1.54, 1.807) is 18.5 Å². The van der Waals surface area contributed by atoms with Crippen molar-refractivity contribution in [2.24, 2.45) is 0 Å². The van der Waals surface area contributed by atoms with Gasteiger partial charge in [0.25, 0.3) is 0 Å². The molecule has 2 N–H and O–H groups in total. The zero-order chi connectivity index (χ0) is 17.7. The summed E-state index contributed by atoms with van der Waals surface area (Å²) < 4.78 is 38.2. The monoisotopic (exact) mass is 359 g/mol. The number of alkyl halides is 3. The molecule has 2 aromatic heterocycles. The molecule has 2 aromatic rings. The van der Waals surface area contributed by atoms with Gasteiger partial charge >= 0.3 is 6.18 Å². The Morgan fingerprint density at radius 2 is 2.12 bits per heavy atom. The summed E-state index contributed by atoms with van der Waals surface area (Å²) in [4.78, 5) is 23.4. The highest BCUT2D eigenvalue weighted by Crippen LogP contribution is 2.27. The number of amides is 1. The zero-order valence-corrected chi connectivity index (χ0v) is 13.8. The van der Waals surface area contributed by atoms with Gasteiger partial charge in [0.05, 0.1) is 6.04 Å². The Hall–Kier alpha value is -2.07. The van der Waals surface area contributed by atoms with Crippen LogP contribution in [0.25, 0.3) is 0 Å². The van der Waals surface area contributed by atoms with Gasteiger partial charge in [-0.05, 0) is 19.9 Å². The van der Waals surface area contributed by atoms with Crippen LogP contribution in [-0.2, 0) is 17.4 Å². The molecule has 0 radical (unpaired) electrons. The molecule has 0 spiro atoms. The van der Waals surface area contributed by atoms with E-state index in [1.165, 1.54) is 18.3 Å². The molecule has 0 aromatic carbocycles. The van der Waals surface area contributed by atoms with Crippen molar-refractivity contribution in [1.82, 2.24) is 20.3 Å². The molecule has 6 nitrogen and oxygen atoms in total. The molecule has 0 aliphatic carbocycles. The van der Waals surface area contributed by atoms with Crippen LogP contribution in [-0.4, -0.2) is 33.4 Å². The standard InChI is InChI=1S/C14H16F3N5OS/c1-8-7-10(14(15,16)17)21-11(20-8)3-4-18-9(2)12(23)22-13-19-5-6-24-13/h5-7,9,18H,3-4H2,1-2H3,(H,19,22,23). The predicted molar refractivity (Wildman–Crippen MR) is 83.7 cm³/mol. The van der Waals surface area contributed by atoms with Crippen LogP contribution in [0.2, 0.25) is 0 Å². The predicted octanol–water partition coefficient (Wildman–Crippen LogP) is 2.42. The Morgan fingerprint density at radius 1 is 1.38 bits per heavy atom. The van der Waals surface area contributed by atoms with Crippen molar-refractivity contribution in [3.05, 3.63) is 34.9 Å². The van der Waals surface area contributed by atoms with E-state index in [1.807, 2.05) is 0 Å². The molecule has 0 fully saturated rings. The summed E-state index contributed by atoms with van der Waals surface area (Å²) in [5.41, 5.74) is -0.707. The highest BCUT2D eigenvalue weighted by Gasteiger charge is 2.33. The minimum Gasteiger partial charge on any atom is -0.306 e. The number of hydrogen-bond donors (Lipinski definition) is 2. The first-order valence-corrected chi connectivity index (χ1v) is 7.99. The number of aromatic nitrogens is 3. The summed E-state index contributed by atoms with van der Waals surface area (Å²) in [7, 11) is 0. The van der Waals surface area contributed by atoms with Crippen molar-refractivity contribution in [2.75, 3.05) is 11.9 Å². The highest BCUT2D eigenvalue weighted by molar-refractivity contribution is 7.13. The van der Waals surface area contributed by atoms with E-state index in [9.17, 15) is 18.0 Å². The number of aryl methyl sites for hydroxylation is 1. The summed E-state index contributed by atoms with van der Waals surface area (Å²) >= 11 is 1.30. The average molecular weight is 359 g/mol. The maximum absolute atomic E-state index is 12.7. The van der Waals surface area contributed by atoms with Crippen LogP contribution in [0.3, 0.4) is 0 Å². The number of anilines is 1. The summed E-state index contributed by atoms with van der Waals surface area (Å²) in [6.45, 7) is 3.41. The van der Waals surface area contributed by atoms with Crippen molar-refractivity contribution in [2.45, 2.75) is 32.5 Å². The molecular weight excluding hydrogens is 343 g/mol. The first kappa shape index (κ1) is 18.3. The normalized spacial score (nSPS) is 12.9. The lowest BCUT2D eigenvalue weighted by atomic mass is 10.2. The van der Waals surface area contributed by atoms with Gasteiger partial charge in [-0.1, -0.05) is 0 Å². The largest absolute Gasteiger partial charge is 0.433 e. The Kier molecular flexibility index (Phi) is 5.84. The third-order valence-electron chi connectivity index (χ3n) is 3.05. The van der Waals surface area contributed by atoms with Crippen molar-refractivity contribution in [1.29, 1.82) is 0 Å². The quantitative estimate of drug-likeness (QED) is 0.828. The van der Waals surface area contributed by atoms with Gasteiger partial charge < -0.3 is 10.6 Å². The molecule has 24 heavy (non-hydrogen) atoms. The van der Waals surface area contributed by atoms with Gasteiger partial charge in [0.15, 0.2) is 5.13 Å². The number of hydrogen-bond acceptors (Lipinski definition) is 6.